The summed E-state index contributed by atoms with van der Waals surface area (Å²) in [6, 6.07) is 0. The lowest BCUT2D eigenvalue weighted by Gasteiger charge is -2.26. The summed E-state index contributed by atoms with van der Waals surface area (Å²) in [5.41, 5.74) is -0.0140. The molecule has 0 radical (unpaired) electrons. The normalized spacial score (nSPS) is 14.2. The number of aliphatic carboxylic acids is 1. The first kappa shape index (κ1) is 17.0. The molecule has 6 heteroatoms. The third-order valence-corrected chi connectivity index (χ3v) is 3.81. The lowest BCUT2D eigenvalue weighted by Crippen LogP contribution is -2.49. The monoisotopic (exact) mass is 301 g/mol. The van der Waals surface area contributed by atoms with Crippen molar-refractivity contribution in [2.24, 2.45) is 0 Å². The maximum Gasteiger partial charge on any atom is 0.323 e. The average molecular weight is 302 g/mol. The molecule has 1 aromatic rings. The Morgan fingerprint density at radius 1 is 1.55 bits per heavy atom. The molecule has 0 aliphatic rings. The standard InChI is InChI=1S/C14H24ClN3O2/c1-4-8-16-14(3,13(19)20)7-5-6-9-18-10-12(15)11(2)17-18/h10,16H,4-9H2,1-3H3,(H,19,20). The Kier molecular flexibility index (Phi) is 6.49. The van der Waals surface area contributed by atoms with Gasteiger partial charge < -0.3 is 10.4 Å². The highest BCUT2D eigenvalue weighted by molar-refractivity contribution is 6.31. The summed E-state index contributed by atoms with van der Waals surface area (Å²) in [4.78, 5) is 11.3. The van der Waals surface area contributed by atoms with Gasteiger partial charge in [0.05, 0.1) is 10.7 Å². The molecule has 0 saturated heterocycles. The first-order chi connectivity index (χ1) is 9.39. The lowest BCUT2D eigenvalue weighted by molar-refractivity contribution is -0.144. The Morgan fingerprint density at radius 2 is 2.25 bits per heavy atom. The van der Waals surface area contributed by atoms with E-state index >= 15 is 0 Å². The van der Waals surface area contributed by atoms with E-state index in [9.17, 15) is 9.90 Å². The molecule has 5 nitrogen and oxygen atoms in total. The zero-order valence-corrected chi connectivity index (χ0v) is 13.2. The van der Waals surface area contributed by atoms with Crippen molar-refractivity contribution in [3.63, 3.8) is 0 Å². The van der Waals surface area contributed by atoms with Gasteiger partial charge in [0.2, 0.25) is 0 Å². The van der Waals surface area contributed by atoms with E-state index in [0.717, 1.165) is 38.0 Å². The Hall–Kier alpha value is -1.07. The minimum Gasteiger partial charge on any atom is -0.480 e. The van der Waals surface area contributed by atoms with Crippen LogP contribution >= 0.6 is 11.6 Å². The van der Waals surface area contributed by atoms with Gasteiger partial charge in [-0.15, -0.1) is 0 Å². The number of nitrogens with zero attached hydrogens (tertiary/aromatic N) is 2. The maximum absolute atomic E-state index is 11.3. The second-order valence-corrected chi connectivity index (χ2v) is 5.75. The molecule has 20 heavy (non-hydrogen) atoms. The van der Waals surface area contributed by atoms with Crippen LogP contribution < -0.4 is 5.32 Å². The molecule has 0 saturated carbocycles. The predicted molar refractivity (Wildman–Crippen MR) is 80.2 cm³/mol. The molecule has 1 atom stereocenters. The average Bonchev–Trinajstić information content (AvgIpc) is 2.71. The summed E-state index contributed by atoms with van der Waals surface area (Å²) >= 11 is 5.94. The fraction of sp³-hybridized carbons (Fsp3) is 0.714. The van der Waals surface area contributed by atoms with Crippen molar-refractivity contribution in [2.45, 2.75) is 58.5 Å². The molecule has 0 fully saturated rings. The van der Waals surface area contributed by atoms with Gasteiger partial charge >= 0.3 is 5.97 Å². The number of carboxylic acids is 1. The number of carboxylic acid groups (broad SMARTS) is 1. The van der Waals surface area contributed by atoms with Crippen LogP contribution in [-0.4, -0.2) is 32.9 Å². The van der Waals surface area contributed by atoms with E-state index in [-0.39, 0.29) is 0 Å². The summed E-state index contributed by atoms with van der Waals surface area (Å²) in [6.07, 6.45) is 5.05. The molecule has 0 bridgehead atoms. The number of halogens is 1. The van der Waals surface area contributed by atoms with Crippen molar-refractivity contribution in [3.05, 3.63) is 16.9 Å². The second-order valence-electron chi connectivity index (χ2n) is 5.35. The van der Waals surface area contributed by atoms with Crippen LogP contribution in [0, 0.1) is 6.92 Å². The van der Waals surface area contributed by atoms with Gasteiger partial charge in [0.1, 0.15) is 5.54 Å². The van der Waals surface area contributed by atoms with Gasteiger partial charge in [-0.3, -0.25) is 9.48 Å². The number of rotatable bonds is 9. The molecule has 0 amide bonds. The van der Waals surface area contributed by atoms with Crippen molar-refractivity contribution in [1.82, 2.24) is 15.1 Å². The molecule has 2 N–H and O–H groups in total. The van der Waals surface area contributed by atoms with Crippen LogP contribution in [0.15, 0.2) is 6.20 Å². The van der Waals surface area contributed by atoms with E-state index < -0.39 is 11.5 Å². The van der Waals surface area contributed by atoms with Gasteiger partial charge in [-0.25, -0.2) is 0 Å². The van der Waals surface area contributed by atoms with Crippen molar-refractivity contribution in [1.29, 1.82) is 0 Å². The molecule has 0 spiro atoms. The molecule has 0 aliphatic carbocycles. The second kappa shape index (κ2) is 7.64. The van der Waals surface area contributed by atoms with Gasteiger partial charge in [0.25, 0.3) is 0 Å². The molecular formula is C14H24ClN3O2. The topological polar surface area (TPSA) is 67.2 Å². The highest BCUT2D eigenvalue weighted by Crippen LogP contribution is 2.16. The van der Waals surface area contributed by atoms with E-state index in [0.29, 0.717) is 11.4 Å². The van der Waals surface area contributed by atoms with Crippen LogP contribution in [0.4, 0.5) is 0 Å². The number of aromatic nitrogens is 2. The molecule has 0 aliphatic heterocycles. The molecule has 1 rings (SSSR count). The third kappa shape index (κ3) is 4.80. The van der Waals surface area contributed by atoms with Crippen molar-refractivity contribution < 1.29 is 9.90 Å². The first-order valence-corrected chi connectivity index (χ1v) is 7.45. The molecule has 0 aromatic carbocycles. The van der Waals surface area contributed by atoms with Crippen LogP contribution in [0.5, 0.6) is 0 Å². The summed E-state index contributed by atoms with van der Waals surface area (Å²) in [5.74, 6) is -0.788. The minimum atomic E-state index is -0.840. The lowest BCUT2D eigenvalue weighted by atomic mass is 9.94. The van der Waals surface area contributed by atoms with Crippen molar-refractivity contribution in [3.8, 4) is 0 Å². The maximum atomic E-state index is 11.3. The molecule has 1 heterocycles. The number of aryl methyl sites for hydroxylation is 2. The first-order valence-electron chi connectivity index (χ1n) is 7.07. The zero-order chi connectivity index (χ0) is 15.2. The Balaban J connectivity index is 2.39. The minimum absolute atomic E-state index is 0.607. The Morgan fingerprint density at radius 3 is 2.75 bits per heavy atom. The Bertz CT molecular complexity index is 428. The largest absolute Gasteiger partial charge is 0.480 e. The highest BCUT2D eigenvalue weighted by Gasteiger charge is 2.31. The fourth-order valence-corrected chi connectivity index (χ4v) is 2.18. The summed E-state index contributed by atoms with van der Waals surface area (Å²) in [7, 11) is 0. The summed E-state index contributed by atoms with van der Waals surface area (Å²) in [5, 5.41) is 17.4. The third-order valence-electron chi connectivity index (χ3n) is 3.44. The quantitative estimate of drug-likeness (QED) is 0.688. The molecular weight excluding hydrogens is 278 g/mol. The van der Waals surface area contributed by atoms with Crippen LogP contribution in [0.3, 0.4) is 0 Å². The zero-order valence-electron chi connectivity index (χ0n) is 12.4. The SMILES string of the molecule is CCCNC(C)(CCCCn1cc(Cl)c(C)n1)C(=O)O. The molecule has 114 valence electrons. The van der Waals surface area contributed by atoms with Crippen molar-refractivity contribution >= 4 is 17.6 Å². The van der Waals surface area contributed by atoms with Gasteiger partial charge in [-0.05, 0) is 46.1 Å². The van der Waals surface area contributed by atoms with Crippen LogP contribution in [0.1, 0.15) is 45.2 Å². The number of hydrogen-bond acceptors (Lipinski definition) is 3. The molecule has 1 aromatic heterocycles. The number of carbonyl (C=O) groups is 1. The number of hydrogen-bond donors (Lipinski definition) is 2. The van der Waals surface area contributed by atoms with Crippen LogP contribution in [-0.2, 0) is 11.3 Å². The van der Waals surface area contributed by atoms with Crippen LogP contribution in [0.2, 0.25) is 5.02 Å². The number of nitrogens with one attached hydrogen (secondary N) is 1. The van der Waals surface area contributed by atoms with E-state index in [1.807, 2.05) is 24.7 Å². The highest BCUT2D eigenvalue weighted by atomic mass is 35.5. The van der Waals surface area contributed by atoms with E-state index in [2.05, 4.69) is 10.4 Å². The smallest absolute Gasteiger partial charge is 0.323 e. The van der Waals surface area contributed by atoms with Gasteiger partial charge in [-0.1, -0.05) is 18.5 Å². The molecule has 1 unspecified atom stereocenters. The van der Waals surface area contributed by atoms with Crippen LogP contribution in [0.25, 0.3) is 0 Å². The summed E-state index contributed by atoms with van der Waals surface area (Å²) in [6.45, 7) is 7.13. The van der Waals surface area contributed by atoms with Gasteiger partial charge in [-0.2, -0.15) is 5.10 Å². The van der Waals surface area contributed by atoms with E-state index in [4.69, 9.17) is 11.6 Å². The van der Waals surface area contributed by atoms with Crippen molar-refractivity contribution in [2.75, 3.05) is 6.54 Å². The number of unbranched alkanes of at least 4 members (excludes halogenated alkanes) is 1. The van der Waals surface area contributed by atoms with E-state index in [1.54, 1.807) is 6.92 Å². The van der Waals surface area contributed by atoms with Gasteiger partial charge in [0.15, 0.2) is 0 Å². The van der Waals surface area contributed by atoms with Gasteiger partial charge in [0, 0.05) is 12.7 Å². The predicted octanol–water partition coefficient (Wildman–Crippen LogP) is 2.86. The van der Waals surface area contributed by atoms with E-state index in [1.165, 1.54) is 0 Å². The fourth-order valence-electron chi connectivity index (χ4n) is 2.03. The Labute approximate surface area is 125 Å². The summed E-state index contributed by atoms with van der Waals surface area (Å²) < 4.78 is 1.81.